The number of ether oxygens (including phenoxy) is 1. The monoisotopic (exact) mass is 501 g/mol. The van der Waals surface area contributed by atoms with Crippen LogP contribution in [0.15, 0.2) is 24.4 Å². The van der Waals surface area contributed by atoms with Crippen LogP contribution >= 0.6 is 11.6 Å². The lowest BCUT2D eigenvalue weighted by atomic mass is 9.67. The van der Waals surface area contributed by atoms with Crippen molar-refractivity contribution in [1.82, 2.24) is 9.88 Å². The van der Waals surface area contributed by atoms with Gasteiger partial charge in [-0.3, -0.25) is 9.69 Å². The first-order valence-electron chi connectivity index (χ1n) is 12.7. The fourth-order valence-electron chi connectivity index (χ4n) is 5.86. The molecule has 2 saturated heterocycles. The number of nitrogens with one attached hydrogen (secondary N) is 1. The quantitative estimate of drug-likeness (QED) is 0.574. The van der Waals surface area contributed by atoms with Gasteiger partial charge >= 0.3 is 0 Å². The SMILES string of the molecule is CC(C)(O)C1CC(C(=O)Nc2cc3cc(C4CCN(C5(C)COCC5O)CC4)c(Cl)cc3cn2)C1. The minimum atomic E-state index is -0.744. The van der Waals surface area contributed by atoms with Gasteiger partial charge in [-0.15, -0.1) is 0 Å². The summed E-state index contributed by atoms with van der Waals surface area (Å²) in [5.41, 5.74) is 0.0685. The third-order valence-corrected chi connectivity index (χ3v) is 8.97. The van der Waals surface area contributed by atoms with Gasteiger partial charge in [-0.1, -0.05) is 11.6 Å². The molecular formula is C27H36ClN3O4. The van der Waals surface area contributed by atoms with Crippen LogP contribution in [0, 0.1) is 11.8 Å². The van der Waals surface area contributed by atoms with Gasteiger partial charge in [-0.25, -0.2) is 4.98 Å². The lowest BCUT2D eigenvalue weighted by Crippen LogP contribution is -2.56. The van der Waals surface area contributed by atoms with E-state index in [0.717, 1.165) is 47.3 Å². The molecule has 2 aromatic rings. The van der Waals surface area contributed by atoms with E-state index in [1.807, 2.05) is 12.1 Å². The summed E-state index contributed by atoms with van der Waals surface area (Å²) in [6.07, 6.45) is 4.63. The number of amides is 1. The summed E-state index contributed by atoms with van der Waals surface area (Å²) in [4.78, 5) is 19.5. The van der Waals surface area contributed by atoms with Gasteiger partial charge in [0.2, 0.25) is 5.91 Å². The smallest absolute Gasteiger partial charge is 0.228 e. The largest absolute Gasteiger partial charge is 0.390 e. The van der Waals surface area contributed by atoms with E-state index in [0.29, 0.717) is 37.8 Å². The highest BCUT2D eigenvalue weighted by atomic mass is 35.5. The molecule has 2 unspecified atom stereocenters. The van der Waals surface area contributed by atoms with Crippen LogP contribution < -0.4 is 5.32 Å². The number of aliphatic hydroxyl groups excluding tert-OH is 1. The van der Waals surface area contributed by atoms with Crippen LogP contribution in [0.5, 0.6) is 0 Å². The van der Waals surface area contributed by atoms with Crippen molar-refractivity contribution < 1.29 is 19.7 Å². The Kier molecular flexibility index (Phi) is 6.60. The molecule has 1 aromatic carbocycles. The highest BCUT2D eigenvalue weighted by molar-refractivity contribution is 6.32. The highest BCUT2D eigenvalue weighted by Crippen LogP contribution is 2.42. The fourth-order valence-corrected chi connectivity index (χ4v) is 6.18. The van der Waals surface area contributed by atoms with E-state index in [4.69, 9.17) is 16.3 Å². The van der Waals surface area contributed by atoms with Crippen molar-refractivity contribution in [3.05, 3.63) is 35.0 Å². The Hall–Kier alpha value is -1.77. The van der Waals surface area contributed by atoms with E-state index in [1.165, 1.54) is 0 Å². The average molecular weight is 502 g/mol. The zero-order valence-corrected chi connectivity index (χ0v) is 21.5. The molecule has 3 aliphatic rings. The van der Waals surface area contributed by atoms with Gasteiger partial charge in [0, 0.05) is 22.5 Å². The van der Waals surface area contributed by atoms with Crippen LogP contribution in [0.25, 0.3) is 10.8 Å². The van der Waals surface area contributed by atoms with E-state index in [9.17, 15) is 15.0 Å². The normalized spacial score (nSPS) is 30.4. The molecule has 190 valence electrons. The molecule has 1 aromatic heterocycles. The Morgan fingerprint density at radius 1 is 1.23 bits per heavy atom. The van der Waals surface area contributed by atoms with Crippen molar-refractivity contribution in [1.29, 1.82) is 0 Å². The molecule has 2 atom stereocenters. The number of fused-ring (bicyclic) bond motifs is 1. The van der Waals surface area contributed by atoms with Crippen LogP contribution in [-0.4, -0.2) is 69.6 Å². The van der Waals surface area contributed by atoms with Crippen LogP contribution in [0.1, 0.15) is 57.9 Å². The lowest BCUT2D eigenvalue weighted by Gasteiger charge is -2.43. The molecule has 0 spiro atoms. The van der Waals surface area contributed by atoms with E-state index in [2.05, 4.69) is 28.2 Å². The summed E-state index contributed by atoms with van der Waals surface area (Å²) in [5, 5.41) is 26.2. The van der Waals surface area contributed by atoms with Gasteiger partial charge in [-0.2, -0.15) is 0 Å². The molecule has 1 aliphatic carbocycles. The number of halogens is 1. The molecule has 5 rings (SSSR count). The number of carbonyl (C=O) groups excluding carboxylic acids is 1. The standard InChI is InChI=1S/C27H36ClN3O4/c1-26(2,34)20-8-18(9-20)25(33)30-24-12-17-10-21(22(28)11-19(17)13-29-24)16-4-6-31(7-5-16)27(3)15-35-14-23(27)32/h10-13,16,18,20,23,32,34H,4-9,14-15H2,1-3H3,(H,29,30,33). The van der Waals surface area contributed by atoms with Gasteiger partial charge in [0.15, 0.2) is 0 Å². The zero-order chi connectivity index (χ0) is 25.0. The Labute approximate surface area is 211 Å². The van der Waals surface area contributed by atoms with Gasteiger partial charge in [-0.05, 0) is 101 Å². The highest BCUT2D eigenvalue weighted by Gasteiger charge is 2.45. The van der Waals surface area contributed by atoms with Crippen molar-refractivity contribution >= 4 is 34.1 Å². The van der Waals surface area contributed by atoms with Crippen molar-refractivity contribution in [2.24, 2.45) is 11.8 Å². The third-order valence-electron chi connectivity index (χ3n) is 8.64. The number of rotatable bonds is 5. The van der Waals surface area contributed by atoms with Crippen molar-refractivity contribution in [3.8, 4) is 0 Å². The van der Waals surface area contributed by atoms with Gasteiger partial charge < -0.3 is 20.3 Å². The molecule has 1 saturated carbocycles. The van der Waals surface area contributed by atoms with E-state index < -0.39 is 11.7 Å². The molecule has 3 fully saturated rings. The number of aliphatic hydroxyl groups is 2. The predicted octanol–water partition coefficient (Wildman–Crippen LogP) is 3.95. The number of aromatic nitrogens is 1. The number of likely N-dealkylation sites (tertiary alicyclic amines) is 1. The topological polar surface area (TPSA) is 94.9 Å². The second-order valence-electron chi connectivity index (χ2n) is 11.4. The van der Waals surface area contributed by atoms with Gasteiger partial charge in [0.1, 0.15) is 5.82 Å². The van der Waals surface area contributed by atoms with Crippen molar-refractivity contribution in [2.75, 3.05) is 31.6 Å². The van der Waals surface area contributed by atoms with Gasteiger partial charge in [0.25, 0.3) is 0 Å². The molecule has 35 heavy (non-hydrogen) atoms. The molecule has 2 aliphatic heterocycles. The molecular weight excluding hydrogens is 466 g/mol. The van der Waals surface area contributed by atoms with Gasteiger partial charge in [0.05, 0.1) is 30.5 Å². The number of hydrogen-bond donors (Lipinski definition) is 3. The van der Waals surface area contributed by atoms with Crippen molar-refractivity contribution in [3.63, 3.8) is 0 Å². The molecule has 8 heteroatoms. The number of nitrogens with zero attached hydrogens (tertiary/aromatic N) is 2. The first-order valence-corrected chi connectivity index (χ1v) is 13.1. The van der Waals surface area contributed by atoms with Crippen LogP contribution in [-0.2, 0) is 9.53 Å². The summed E-state index contributed by atoms with van der Waals surface area (Å²) < 4.78 is 5.53. The molecule has 0 bridgehead atoms. The Morgan fingerprint density at radius 3 is 2.57 bits per heavy atom. The first-order chi connectivity index (χ1) is 16.5. The number of benzene rings is 1. The summed E-state index contributed by atoms with van der Waals surface area (Å²) in [6, 6.07) is 6.02. The molecule has 3 N–H and O–H groups in total. The zero-order valence-electron chi connectivity index (χ0n) is 20.8. The number of carbonyl (C=O) groups is 1. The number of pyridine rings is 1. The first kappa shape index (κ1) is 24.9. The summed E-state index contributed by atoms with van der Waals surface area (Å²) in [6.45, 7) is 8.44. The maximum absolute atomic E-state index is 12.7. The Bertz CT molecular complexity index is 1110. The maximum Gasteiger partial charge on any atom is 0.228 e. The molecule has 0 radical (unpaired) electrons. The van der Waals surface area contributed by atoms with Crippen LogP contribution in [0.2, 0.25) is 5.02 Å². The summed E-state index contributed by atoms with van der Waals surface area (Å²) in [7, 11) is 0. The molecule has 3 heterocycles. The number of anilines is 1. The van der Waals surface area contributed by atoms with E-state index >= 15 is 0 Å². The Morgan fingerprint density at radius 2 is 1.94 bits per heavy atom. The maximum atomic E-state index is 12.7. The van der Waals surface area contributed by atoms with Crippen LogP contribution in [0.3, 0.4) is 0 Å². The lowest BCUT2D eigenvalue weighted by molar-refractivity contribution is -0.128. The van der Waals surface area contributed by atoms with Crippen LogP contribution in [0.4, 0.5) is 5.82 Å². The number of hydrogen-bond acceptors (Lipinski definition) is 6. The van der Waals surface area contributed by atoms with E-state index in [-0.39, 0.29) is 23.3 Å². The summed E-state index contributed by atoms with van der Waals surface area (Å²) >= 11 is 6.70. The molecule has 7 nitrogen and oxygen atoms in total. The third kappa shape index (κ3) is 4.81. The predicted molar refractivity (Wildman–Crippen MR) is 137 cm³/mol. The Balaban J connectivity index is 1.26. The molecule has 1 amide bonds. The second kappa shape index (κ2) is 9.27. The minimum absolute atomic E-state index is 0.0366. The average Bonchev–Trinajstić information content (AvgIpc) is 3.11. The second-order valence-corrected chi connectivity index (χ2v) is 11.9. The summed E-state index contributed by atoms with van der Waals surface area (Å²) in [5.74, 6) is 0.920. The fraction of sp³-hybridized carbons (Fsp3) is 0.630. The van der Waals surface area contributed by atoms with E-state index in [1.54, 1.807) is 20.0 Å². The van der Waals surface area contributed by atoms with Crippen molar-refractivity contribution in [2.45, 2.75) is 69.6 Å². The minimum Gasteiger partial charge on any atom is -0.390 e. The number of piperidine rings is 1.